The van der Waals surface area contributed by atoms with Crippen molar-refractivity contribution in [2.45, 2.75) is 5.16 Å². The molecule has 0 unspecified atom stereocenters. The van der Waals surface area contributed by atoms with E-state index in [2.05, 4.69) is 67.0 Å². The Morgan fingerprint density at radius 2 is 1.65 bits per heavy atom. The van der Waals surface area contributed by atoms with E-state index in [1.54, 1.807) is 6.21 Å². The Labute approximate surface area is 209 Å². The van der Waals surface area contributed by atoms with E-state index in [1.165, 1.54) is 11.8 Å². The quantitative estimate of drug-likeness (QED) is 0.131. The smallest absolute Gasteiger partial charge is 0.250 e. The first-order chi connectivity index (χ1) is 16.6. The lowest BCUT2D eigenvalue weighted by Gasteiger charge is -2.08. The van der Waals surface area contributed by atoms with Crippen molar-refractivity contribution in [3.05, 3.63) is 88.9 Å². The van der Waals surface area contributed by atoms with Crippen LogP contribution in [0.15, 0.2) is 93.6 Å². The molecule has 4 aromatic carbocycles. The summed E-state index contributed by atoms with van der Waals surface area (Å²) < 4.78 is 2.82. The summed E-state index contributed by atoms with van der Waals surface area (Å²) in [5, 5.41) is 17.9. The maximum atomic E-state index is 12.5. The molecule has 1 N–H and O–H groups in total. The first-order valence-electron chi connectivity index (χ1n) is 10.6. The minimum atomic E-state index is -0.212. The van der Waals surface area contributed by atoms with Gasteiger partial charge in [-0.25, -0.2) is 5.43 Å². The molecule has 0 aliphatic heterocycles. The molecule has 0 saturated carbocycles. The molecule has 168 valence electrons. The Bertz CT molecular complexity index is 1490. The van der Waals surface area contributed by atoms with Crippen LogP contribution in [0, 0.1) is 0 Å². The number of nitrogens with zero attached hydrogens (tertiary/aromatic N) is 4. The minimum Gasteiger partial charge on any atom is -0.305 e. The first kappa shape index (κ1) is 22.3. The molecule has 0 saturated heterocycles. The second-order valence-corrected chi connectivity index (χ2v) is 9.46. The van der Waals surface area contributed by atoms with Crippen LogP contribution in [-0.4, -0.2) is 32.6 Å². The van der Waals surface area contributed by atoms with Gasteiger partial charge in [0.1, 0.15) is 0 Å². The van der Waals surface area contributed by atoms with E-state index in [1.807, 2.05) is 60.1 Å². The fourth-order valence-corrected chi connectivity index (χ4v) is 5.00. The summed E-state index contributed by atoms with van der Waals surface area (Å²) >= 11 is 4.86. The van der Waals surface area contributed by atoms with E-state index < -0.39 is 0 Å². The first-order valence-corrected chi connectivity index (χ1v) is 12.4. The summed E-state index contributed by atoms with van der Waals surface area (Å²) in [6.07, 6.45) is 1.72. The maximum absolute atomic E-state index is 12.5. The van der Waals surface area contributed by atoms with E-state index in [0.29, 0.717) is 5.16 Å². The largest absolute Gasteiger partial charge is 0.305 e. The molecule has 6 nitrogen and oxygen atoms in total. The third-order valence-corrected chi connectivity index (χ3v) is 7.19. The lowest BCUT2D eigenvalue weighted by Crippen LogP contribution is -2.20. The number of amides is 1. The Morgan fingerprint density at radius 3 is 2.35 bits per heavy atom. The summed E-state index contributed by atoms with van der Waals surface area (Å²) in [6.45, 7) is 0. The van der Waals surface area contributed by atoms with Crippen LogP contribution in [0.3, 0.4) is 0 Å². The highest BCUT2D eigenvalue weighted by atomic mass is 79.9. The number of thioether (sulfide) groups is 1. The number of aromatic nitrogens is 3. The van der Waals surface area contributed by atoms with Crippen molar-refractivity contribution >= 4 is 61.4 Å². The molecule has 5 aromatic rings. The zero-order valence-electron chi connectivity index (χ0n) is 18.3. The molecular weight excluding hydrogens is 510 g/mol. The van der Waals surface area contributed by atoms with Crippen LogP contribution in [0.25, 0.3) is 32.9 Å². The number of carbonyl (C=O) groups excluding carboxylic acids is 1. The van der Waals surface area contributed by atoms with Crippen molar-refractivity contribution < 1.29 is 4.79 Å². The second kappa shape index (κ2) is 9.79. The summed E-state index contributed by atoms with van der Waals surface area (Å²) in [7, 11) is 1.89. The zero-order valence-corrected chi connectivity index (χ0v) is 20.7. The standard InChI is InChI=1S/C26H20BrN5OS/c1-32-25(21-12-6-7-13-23(21)27)30-31-26(32)34-16-24(33)29-28-15-22-19-10-4-2-8-17(19)14-18-9-3-5-11-20(18)22/h2-15H,16H2,1H3,(H,29,33)/b28-15-. The highest BCUT2D eigenvalue weighted by molar-refractivity contribution is 9.10. The molecule has 1 amide bonds. The van der Waals surface area contributed by atoms with Crippen molar-refractivity contribution in [3.63, 3.8) is 0 Å². The molecule has 0 aliphatic carbocycles. The van der Waals surface area contributed by atoms with Crippen molar-refractivity contribution in [3.8, 4) is 11.4 Å². The Kier molecular flexibility index (Phi) is 6.42. The number of nitrogens with one attached hydrogen (secondary N) is 1. The van der Waals surface area contributed by atoms with Crippen LogP contribution in [0.5, 0.6) is 0 Å². The van der Waals surface area contributed by atoms with Gasteiger partial charge in [0.2, 0.25) is 0 Å². The fraction of sp³-hybridized carbons (Fsp3) is 0.0769. The van der Waals surface area contributed by atoms with E-state index in [9.17, 15) is 4.79 Å². The number of benzene rings is 4. The summed E-state index contributed by atoms with van der Waals surface area (Å²) in [6, 6.07) is 26.3. The van der Waals surface area contributed by atoms with Gasteiger partial charge in [0.25, 0.3) is 5.91 Å². The van der Waals surface area contributed by atoms with Crippen LogP contribution < -0.4 is 5.43 Å². The number of carbonyl (C=O) groups is 1. The summed E-state index contributed by atoms with van der Waals surface area (Å²) in [5.41, 5.74) is 4.57. The van der Waals surface area contributed by atoms with Gasteiger partial charge >= 0.3 is 0 Å². The average Bonchev–Trinajstić information content (AvgIpc) is 3.22. The maximum Gasteiger partial charge on any atom is 0.250 e. The van der Waals surface area contributed by atoms with Crippen LogP contribution in [0.1, 0.15) is 5.56 Å². The van der Waals surface area contributed by atoms with Gasteiger partial charge in [-0.15, -0.1) is 10.2 Å². The lowest BCUT2D eigenvalue weighted by molar-refractivity contribution is -0.118. The van der Waals surface area contributed by atoms with Crippen molar-refractivity contribution in [2.24, 2.45) is 12.1 Å². The molecule has 0 spiro atoms. The molecular formula is C26H20BrN5OS. The molecule has 0 bridgehead atoms. The zero-order chi connectivity index (χ0) is 23.5. The molecule has 0 radical (unpaired) electrons. The predicted octanol–water partition coefficient (Wildman–Crippen LogP) is 5.79. The van der Waals surface area contributed by atoms with Gasteiger partial charge in [0.05, 0.1) is 12.0 Å². The Balaban J connectivity index is 1.29. The van der Waals surface area contributed by atoms with Gasteiger partial charge in [-0.05, 0) is 33.7 Å². The average molecular weight is 530 g/mol. The fourth-order valence-electron chi connectivity index (χ4n) is 3.84. The lowest BCUT2D eigenvalue weighted by atomic mass is 9.97. The van der Waals surface area contributed by atoms with Crippen molar-refractivity contribution in [2.75, 3.05) is 5.75 Å². The summed E-state index contributed by atoms with van der Waals surface area (Å²) in [4.78, 5) is 12.5. The third kappa shape index (κ3) is 4.47. The second-order valence-electron chi connectivity index (χ2n) is 7.66. The monoisotopic (exact) mass is 529 g/mol. The number of fused-ring (bicyclic) bond motifs is 2. The van der Waals surface area contributed by atoms with Gasteiger partial charge in [0.15, 0.2) is 11.0 Å². The predicted molar refractivity (Wildman–Crippen MR) is 142 cm³/mol. The number of rotatable bonds is 6. The number of hydrogen-bond acceptors (Lipinski definition) is 5. The van der Waals surface area contributed by atoms with Crippen LogP contribution in [0.2, 0.25) is 0 Å². The van der Waals surface area contributed by atoms with Gasteiger partial charge < -0.3 is 4.57 Å². The van der Waals surface area contributed by atoms with Gasteiger partial charge in [-0.3, -0.25) is 4.79 Å². The van der Waals surface area contributed by atoms with Gasteiger partial charge in [0, 0.05) is 22.6 Å². The molecule has 0 atom stereocenters. The van der Waals surface area contributed by atoms with E-state index in [0.717, 1.165) is 43.0 Å². The highest BCUT2D eigenvalue weighted by Crippen LogP contribution is 2.29. The molecule has 34 heavy (non-hydrogen) atoms. The van der Waals surface area contributed by atoms with Crippen LogP contribution >= 0.6 is 27.7 Å². The van der Waals surface area contributed by atoms with Crippen LogP contribution in [-0.2, 0) is 11.8 Å². The Hall–Kier alpha value is -3.49. The SMILES string of the molecule is Cn1c(SCC(=O)N/N=C\c2c3ccccc3cc3ccccc23)nnc1-c1ccccc1Br. The van der Waals surface area contributed by atoms with E-state index in [-0.39, 0.29) is 11.7 Å². The van der Waals surface area contributed by atoms with Crippen LogP contribution in [0.4, 0.5) is 0 Å². The molecule has 5 rings (SSSR count). The molecule has 1 heterocycles. The third-order valence-electron chi connectivity index (χ3n) is 5.48. The van der Waals surface area contributed by atoms with E-state index in [4.69, 9.17) is 0 Å². The highest BCUT2D eigenvalue weighted by Gasteiger charge is 2.14. The molecule has 0 aliphatic rings. The van der Waals surface area contributed by atoms with Crippen molar-refractivity contribution in [1.82, 2.24) is 20.2 Å². The molecule has 0 fully saturated rings. The molecule has 1 aromatic heterocycles. The van der Waals surface area contributed by atoms with E-state index >= 15 is 0 Å². The number of halogens is 1. The molecule has 8 heteroatoms. The van der Waals surface area contributed by atoms with Crippen molar-refractivity contribution in [1.29, 1.82) is 0 Å². The van der Waals surface area contributed by atoms with Gasteiger partial charge in [-0.1, -0.05) is 94.4 Å². The number of hydrazone groups is 1. The Morgan fingerprint density at radius 1 is 1.00 bits per heavy atom. The van der Waals surface area contributed by atoms with Gasteiger partial charge in [-0.2, -0.15) is 5.10 Å². The topological polar surface area (TPSA) is 72.2 Å². The minimum absolute atomic E-state index is 0.176. The summed E-state index contributed by atoms with van der Waals surface area (Å²) in [5.74, 6) is 0.697. The number of hydrogen-bond donors (Lipinski definition) is 1. The normalized spacial score (nSPS) is 11.5.